The Labute approximate surface area is 124 Å². The van der Waals surface area contributed by atoms with Crippen molar-refractivity contribution in [1.82, 2.24) is 4.90 Å². The first-order valence-corrected chi connectivity index (χ1v) is 9.00. The molecular weight excluding hydrogens is 250 g/mol. The Kier molecular flexibility index (Phi) is 4.34. The Balaban J connectivity index is 1.88. The molecule has 2 aliphatic rings. The summed E-state index contributed by atoms with van der Waals surface area (Å²) in [4.78, 5) is 2.65. The van der Waals surface area contributed by atoms with Crippen LogP contribution in [0.3, 0.4) is 0 Å². The van der Waals surface area contributed by atoms with Gasteiger partial charge in [-0.3, -0.25) is 4.90 Å². The molecule has 1 saturated heterocycles. The van der Waals surface area contributed by atoms with Crippen molar-refractivity contribution in [1.29, 1.82) is 0 Å². The van der Waals surface area contributed by atoms with E-state index in [1.54, 1.807) is 0 Å². The highest BCUT2D eigenvalue weighted by molar-refractivity contribution is 8.00. The Morgan fingerprint density at radius 2 is 1.53 bits per heavy atom. The van der Waals surface area contributed by atoms with Crippen LogP contribution in [0.5, 0.6) is 0 Å². The van der Waals surface area contributed by atoms with Crippen molar-refractivity contribution in [3.63, 3.8) is 0 Å². The standard InChI is InChI=1S/C17H33NS/c1-15(2,3)14-7-9-17(10-8-14)11-12-18(13-19-17)16(4,5)6/h14H,7-13H2,1-6H3. The summed E-state index contributed by atoms with van der Waals surface area (Å²) in [5.74, 6) is 2.18. The van der Waals surface area contributed by atoms with E-state index in [0.29, 0.717) is 15.7 Å². The Morgan fingerprint density at radius 3 is 1.89 bits per heavy atom. The molecule has 1 heterocycles. The van der Waals surface area contributed by atoms with Gasteiger partial charge in [-0.1, -0.05) is 20.8 Å². The monoisotopic (exact) mass is 283 g/mol. The molecule has 112 valence electrons. The van der Waals surface area contributed by atoms with Crippen molar-refractivity contribution in [2.75, 3.05) is 12.4 Å². The highest BCUT2D eigenvalue weighted by atomic mass is 32.2. The SMILES string of the molecule is CC(C)(C)C1CCC2(CC1)CCN(C(C)(C)C)CS2. The molecule has 0 atom stereocenters. The fourth-order valence-corrected chi connectivity index (χ4v) is 5.33. The van der Waals surface area contributed by atoms with Crippen LogP contribution in [-0.4, -0.2) is 27.6 Å². The van der Waals surface area contributed by atoms with Crippen molar-refractivity contribution in [2.45, 2.75) is 83.9 Å². The molecule has 2 fully saturated rings. The van der Waals surface area contributed by atoms with Crippen LogP contribution < -0.4 is 0 Å². The molecule has 0 bridgehead atoms. The predicted octanol–water partition coefficient (Wildman–Crippen LogP) is 5.16. The highest BCUT2D eigenvalue weighted by Crippen LogP contribution is 2.50. The lowest BCUT2D eigenvalue weighted by Crippen LogP contribution is -2.49. The van der Waals surface area contributed by atoms with Gasteiger partial charge < -0.3 is 0 Å². The normalized spacial score (nSPS) is 34.7. The molecule has 19 heavy (non-hydrogen) atoms. The molecular formula is C17H33NS. The van der Waals surface area contributed by atoms with E-state index in [1.807, 2.05) is 0 Å². The topological polar surface area (TPSA) is 3.24 Å². The van der Waals surface area contributed by atoms with Crippen molar-refractivity contribution in [3.8, 4) is 0 Å². The van der Waals surface area contributed by atoms with Crippen LogP contribution in [0.1, 0.15) is 73.6 Å². The molecule has 2 heteroatoms. The summed E-state index contributed by atoms with van der Waals surface area (Å²) in [6.45, 7) is 15.6. The minimum absolute atomic E-state index is 0.344. The molecule has 0 aromatic rings. The van der Waals surface area contributed by atoms with Gasteiger partial charge in [0.1, 0.15) is 0 Å². The molecule has 0 amide bonds. The maximum atomic E-state index is 2.65. The summed E-state index contributed by atoms with van der Waals surface area (Å²) in [5, 5.41) is 0. The minimum atomic E-state index is 0.344. The number of hydrogen-bond acceptors (Lipinski definition) is 2. The predicted molar refractivity (Wildman–Crippen MR) is 87.7 cm³/mol. The van der Waals surface area contributed by atoms with E-state index in [-0.39, 0.29) is 0 Å². The molecule has 1 aliphatic carbocycles. The number of thioether (sulfide) groups is 1. The van der Waals surface area contributed by atoms with Gasteiger partial charge in [-0.05, 0) is 64.2 Å². The average molecular weight is 284 g/mol. The summed E-state index contributed by atoms with van der Waals surface area (Å²) in [6, 6.07) is 0. The molecule has 1 nitrogen and oxygen atoms in total. The van der Waals surface area contributed by atoms with E-state index < -0.39 is 0 Å². The lowest BCUT2D eigenvalue weighted by atomic mass is 9.69. The summed E-state index contributed by atoms with van der Waals surface area (Å²) < 4.78 is 0.628. The fraction of sp³-hybridized carbons (Fsp3) is 1.00. The molecule has 1 saturated carbocycles. The molecule has 0 radical (unpaired) electrons. The van der Waals surface area contributed by atoms with Gasteiger partial charge in [0, 0.05) is 22.7 Å². The summed E-state index contributed by atoms with van der Waals surface area (Å²) in [7, 11) is 0. The van der Waals surface area contributed by atoms with Crippen LogP contribution >= 0.6 is 11.8 Å². The number of nitrogens with zero attached hydrogens (tertiary/aromatic N) is 1. The van der Waals surface area contributed by atoms with Crippen molar-refractivity contribution < 1.29 is 0 Å². The van der Waals surface area contributed by atoms with Gasteiger partial charge in [-0.25, -0.2) is 0 Å². The minimum Gasteiger partial charge on any atom is -0.289 e. The number of hydrogen-bond donors (Lipinski definition) is 0. The molecule has 2 rings (SSSR count). The lowest BCUT2D eigenvalue weighted by molar-refractivity contribution is 0.119. The Morgan fingerprint density at radius 1 is 0.947 bits per heavy atom. The third-order valence-electron chi connectivity index (χ3n) is 5.43. The van der Waals surface area contributed by atoms with Gasteiger partial charge in [-0.2, -0.15) is 0 Å². The molecule has 0 N–H and O–H groups in total. The van der Waals surface area contributed by atoms with Gasteiger partial charge in [0.2, 0.25) is 0 Å². The summed E-state index contributed by atoms with van der Waals surface area (Å²) in [6.07, 6.45) is 7.22. The molecule has 0 aromatic carbocycles. The summed E-state index contributed by atoms with van der Waals surface area (Å²) >= 11 is 2.26. The van der Waals surface area contributed by atoms with Crippen LogP contribution in [0.2, 0.25) is 0 Å². The van der Waals surface area contributed by atoms with Crippen LogP contribution in [0.25, 0.3) is 0 Å². The van der Waals surface area contributed by atoms with Crippen LogP contribution in [0.4, 0.5) is 0 Å². The van der Waals surface area contributed by atoms with Gasteiger partial charge in [0.05, 0.1) is 0 Å². The van der Waals surface area contributed by atoms with Gasteiger partial charge in [0.25, 0.3) is 0 Å². The van der Waals surface area contributed by atoms with Crippen molar-refractivity contribution >= 4 is 11.8 Å². The Bertz CT molecular complexity index is 259. The van der Waals surface area contributed by atoms with Crippen LogP contribution in [0, 0.1) is 11.3 Å². The molecule has 1 aliphatic heterocycles. The summed E-state index contributed by atoms with van der Waals surface area (Å²) in [5.41, 5.74) is 0.857. The zero-order valence-electron chi connectivity index (χ0n) is 13.9. The second-order valence-electron chi connectivity index (χ2n) is 8.78. The maximum absolute atomic E-state index is 2.65. The first-order valence-electron chi connectivity index (χ1n) is 8.01. The van der Waals surface area contributed by atoms with E-state index in [2.05, 4.69) is 58.2 Å². The molecule has 1 spiro atoms. The van der Waals surface area contributed by atoms with E-state index in [1.165, 1.54) is 44.5 Å². The van der Waals surface area contributed by atoms with E-state index in [9.17, 15) is 0 Å². The zero-order chi connectivity index (χ0) is 14.3. The van der Waals surface area contributed by atoms with Crippen molar-refractivity contribution in [3.05, 3.63) is 0 Å². The van der Waals surface area contributed by atoms with Gasteiger partial charge in [0.15, 0.2) is 0 Å². The first-order chi connectivity index (χ1) is 8.62. The second kappa shape index (κ2) is 5.26. The van der Waals surface area contributed by atoms with Gasteiger partial charge in [-0.15, -0.1) is 11.8 Å². The highest BCUT2D eigenvalue weighted by Gasteiger charge is 2.42. The zero-order valence-corrected chi connectivity index (χ0v) is 14.7. The van der Waals surface area contributed by atoms with Crippen LogP contribution in [-0.2, 0) is 0 Å². The Hall–Kier alpha value is 0.310. The average Bonchev–Trinajstić information content (AvgIpc) is 2.27. The van der Waals surface area contributed by atoms with Crippen LogP contribution in [0.15, 0.2) is 0 Å². The lowest BCUT2D eigenvalue weighted by Gasteiger charge is -2.50. The smallest absolute Gasteiger partial charge is 0.0455 e. The van der Waals surface area contributed by atoms with E-state index >= 15 is 0 Å². The third-order valence-corrected chi connectivity index (χ3v) is 7.10. The first kappa shape index (κ1) is 15.7. The van der Waals surface area contributed by atoms with E-state index in [4.69, 9.17) is 0 Å². The number of rotatable bonds is 0. The second-order valence-corrected chi connectivity index (χ2v) is 10.2. The fourth-order valence-electron chi connectivity index (χ4n) is 3.62. The third kappa shape index (κ3) is 3.69. The molecule has 0 aromatic heterocycles. The van der Waals surface area contributed by atoms with Gasteiger partial charge >= 0.3 is 0 Å². The quantitative estimate of drug-likeness (QED) is 0.604. The van der Waals surface area contributed by atoms with Crippen molar-refractivity contribution in [2.24, 2.45) is 11.3 Å². The molecule has 0 unspecified atom stereocenters. The maximum Gasteiger partial charge on any atom is 0.0455 e. The van der Waals surface area contributed by atoms with E-state index in [0.717, 1.165) is 5.92 Å². The largest absolute Gasteiger partial charge is 0.289 e.